The third kappa shape index (κ3) is 6.99. The van der Waals surface area contributed by atoms with E-state index < -0.39 is 12.4 Å². The lowest BCUT2D eigenvalue weighted by atomic mass is 9.71. The molecular formula is C36H39FN4O4S. The van der Waals surface area contributed by atoms with Crippen LogP contribution in [0.25, 0.3) is 20.8 Å². The summed E-state index contributed by atoms with van der Waals surface area (Å²) in [6, 6.07) is 12.7. The molecule has 3 aromatic heterocycles. The molecule has 3 aliphatic rings. The van der Waals surface area contributed by atoms with Gasteiger partial charge in [-0.05, 0) is 98.3 Å². The van der Waals surface area contributed by atoms with Crippen LogP contribution in [0.3, 0.4) is 0 Å². The van der Waals surface area contributed by atoms with Crippen LogP contribution < -0.4 is 4.74 Å². The maximum Gasteiger partial charge on any atom is 0.248 e. The molecular weight excluding hydrogens is 603 g/mol. The standard InChI is InChI=1S/C36H39FN4O4S/c37-28-19-25(18-27(43)17-24-1-2-24)4-6-31(28)45-32-7-12-38-30-20-33(46-35(30)32)29-5-3-26(21-39-29)22-40-13-8-36(9-14-40)10-15-41(16-11-36)34(44)23-42/h3-7,12,19-21,24,42H,1-2,8-11,13-18,22-23H2. The Bertz CT molecular complexity index is 1720. The molecule has 10 heteroatoms. The minimum Gasteiger partial charge on any atom is -0.453 e. The molecule has 0 atom stereocenters. The van der Waals surface area contributed by atoms with Crippen LogP contribution in [0.1, 0.15) is 56.1 Å². The van der Waals surface area contributed by atoms with Crippen LogP contribution in [-0.2, 0) is 22.6 Å². The molecule has 2 aliphatic heterocycles. The molecule has 7 rings (SSSR count). The van der Waals surface area contributed by atoms with E-state index in [0.717, 1.165) is 92.0 Å². The zero-order valence-electron chi connectivity index (χ0n) is 25.9. The SMILES string of the molecule is O=C(Cc1ccc(Oc2ccnc3cc(-c4ccc(CN5CCC6(CC5)CCN(C(=O)CO)CC6)cn4)sc23)c(F)c1)CC1CC1. The quantitative estimate of drug-likeness (QED) is 0.214. The highest BCUT2D eigenvalue weighted by atomic mass is 32.1. The molecule has 3 fully saturated rings. The Morgan fingerprint density at radius 2 is 1.72 bits per heavy atom. The molecule has 1 aromatic carbocycles. The summed E-state index contributed by atoms with van der Waals surface area (Å²) in [7, 11) is 0. The summed E-state index contributed by atoms with van der Waals surface area (Å²) in [6.45, 7) is 4.01. The van der Waals surface area contributed by atoms with E-state index in [2.05, 4.69) is 16.0 Å². The third-order valence-electron chi connectivity index (χ3n) is 9.92. The number of Topliss-reactive ketones (excluding diaryl/α,β-unsaturated/α-hetero) is 1. The molecule has 4 aromatic rings. The van der Waals surface area contributed by atoms with Crippen LogP contribution in [0.2, 0.25) is 0 Å². The highest BCUT2D eigenvalue weighted by molar-refractivity contribution is 7.22. The second-order valence-corrected chi connectivity index (χ2v) is 14.3. The fraction of sp³-hybridized carbons (Fsp3) is 0.444. The summed E-state index contributed by atoms with van der Waals surface area (Å²) >= 11 is 1.52. The van der Waals surface area contributed by atoms with E-state index in [1.54, 1.807) is 29.3 Å². The number of benzene rings is 1. The van der Waals surface area contributed by atoms with Crippen LogP contribution in [0.15, 0.2) is 54.9 Å². The fourth-order valence-electron chi connectivity index (χ4n) is 6.86. The number of pyridine rings is 2. The van der Waals surface area contributed by atoms with Gasteiger partial charge in [0.2, 0.25) is 5.91 Å². The van der Waals surface area contributed by atoms with Gasteiger partial charge < -0.3 is 14.7 Å². The molecule has 240 valence electrons. The molecule has 1 saturated carbocycles. The molecule has 0 radical (unpaired) electrons. The van der Waals surface area contributed by atoms with Crippen LogP contribution in [0.5, 0.6) is 11.5 Å². The predicted molar refractivity (Wildman–Crippen MR) is 175 cm³/mol. The first-order valence-electron chi connectivity index (χ1n) is 16.3. The summed E-state index contributed by atoms with van der Waals surface area (Å²) in [5.41, 5.74) is 3.76. The van der Waals surface area contributed by atoms with E-state index in [4.69, 9.17) is 14.8 Å². The van der Waals surface area contributed by atoms with Gasteiger partial charge in [-0.25, -0.2) is 4.39 Å². The summed E-state index contributed by atoms with van der Waals surface area (Å²) in [5, 5.41) is 9.16. The number of rotatable bonds is 10. The van der Waals surface area contributed by atoms with Crippen molar-refractivity contribution in [3.05, 3.63) is 71.8 Å². The Hall–Kier alpha value is -3.73. The van der Waals surface area contributed by atoms with Crippen molar-refractivity contribution >= 4 is 33.2 Å². The van der Waals surface area contributed by atoms with Crippen molar-refractivity contribution in [3.63, 3.8) is 0 Å². The molecule has 0 bridgehead atoms. The first-order valence-corrected chi connectivity index (χ1v) is 17.1. The first-order chi connectivity index (χ1) is 22.4. The molecule has 1 N–H and O–H groups in total. The Kier molecular flexibility index (Phi) is 8.85. The van der Waals surface area contributed by atoms with Crippen molar-refractivity contribution in [1.29, 1.82) is 0 Å². The third-order valence-corrected chi connectivity index (χ3v) is 11.1. The van der Waals surface area contributed by atoms with Gasteiger partial charge in [0.1, 0.15) is 18.1 Å². The topological polar surface area (TPSA) is 95.9 Å². The van der Waals surface area contributed by atoms with Crippen molar-refractivity contribution in [2.45, 2.75) is 57.9 Å². The van der Waals surface area contributed by atoms with E-state index in [-0.39, 0.29) is 23.9 Å². The number of carbonyl (C=O) groups is 2. The van der Waals surface area contributed by atoms with Crippen LogP contribution in [0, 0.1) is 17.2 Å². The number of piperidine rings is 2. The maximum atomic E-state index is 15.0. The second-order valence-electron chi connectivity index (χ2n) is 13.2. The normalized spacial score (nSPS) is 18.3. The van der Waals surface area contributed by atoms with E-state index in [1.165, 1.54) is 23.0 Å². The Morgan fingerprint density at radius 1 is 0.957 bits per heavy atom. The largest absolute Gasteiger partial charge is 0.453 e. The Balaban J connectivity index is 0.965. The lowest BCUT2D eigenvalue weighted by Crippen LogP contribution is -2.48. The van der Waals surface area contributed by atoms with Gasteiger partial charge in [0, 0.05) is 50.9 Å². The zero-order chi connectivity index (χ0) is 31.7. The Morgan fingerprint density at radius 3 is 2.41 bits per heavy atom. The van der Waals surface area contributed by atoms with Crippen molar-refractivity contribution in [3.8, 4) is 22.1 Å². The van der Waals surface area contributed by atoms with Crippen molar-refractivity contribution < 1.29 is 23.8 Å². The van der Waals surface area contributed by atoms with Crippen LogP contribution in [-0.4, -0.2) is 69.4 Å². The lowest BCUT2D eigenvalue weighted by molar-refractivity contribution is -0.137. The van der Waals surface area contributed by atoms with Gasteiger partial charge in [-0.15, -0.1) is 11.3 Å². The van der Waals surface area contributed by atoms with Gasteiger partial charge in [0.15, 0.2) is 11.6 Å². The van der Waals surface area contributed by atoms with Crippen LogP contribution >= 0.6 is 11.3 Å². The molecule has 1 spiro atoms. The fourth-order valence-corrected chi connectivity index (χ4v) is 7.90. The second kappa shape index (κ2) is 13.2. The van der Waals surface area contributed by atoms with Gasteiger partial charge in [-0.2, -0.15) is 0 Å². The molecule has 1 aliphatic carbocycles. The first kappa shape index (κ1) is 30.9. The summed E-state index contributed by atoms with van der Waals surface area (Å²) < 4.78 is 21.9. The number of ketones is 1. The number of nitrogens with zero attached hydrogens (tertiary/aromatic N) is 4. The number of amides is 1. The molecule has 8 nitrogen and oxygen atoms in total. The van der Waals surface area contributed by atoms with Gasteiger partial charge in [-0.3, -0.25) is 24.5 Å². The van der Waals surface area contributed by atoms with Crippen LogP contribution in [0.4, 0.5) is 4.39 Å². The zero-order valence-corrected chi connectivity index (χ0v) is 26.7. The van der Waals surface area contributed by atoms with Crippen molar-refractivity contribution in [2.24, 2.45) is 11.3 Å². The molecule has 1 amide bonds. The van der Waals surface area contributed by atoms with E-state index in [9.17, 15) is 9.59 Å². The van der Waals surface area contributed by atoms with Gasteiger partial charge >= 0.3 is 0 Å². The number of aliphatic hydroxyl groups is 1. The molecule has 0 unspecified atom stereocenters. The summed E-state index contributed by atoms with van der Waals surface area (Å²) in [6.07, 6.45) is 11.0. The van der Waals surface area contributed by atoms with Gasteiger partial charge in [-0.1, -0.05) is 12.1 Å². The highest BCUT2D eigenvalue weighted by Crippen LogP contribution is 2.42. The number of aromatic nitrogens is 2. The molecule has 2 saturated heterocycles. The highest BCUT2D eigenvalue weighted by Gasteiger charge is 2.38. The number of thiophene rings is 1. The average molecular weight is 643 g/mol. The smallest absolute Gasteiger partial charge is 0.248 e. The van der Waals surface area contributed by atoms with Crippen molar-refractivity contribution in [2.75, 3.05) is 32.8 Å². The number of hydrogen-bond acceptors (Lipinski definition) is 8. The molecule has 46 heavy (non-hydrogen) atoms. The number of likely N-dealkylation sites (tertiary alicyclic amines) is 2. The number of ether oxygens (including phenoxy) is 1. The van der Waals surface area contributed by atoms with Gasteiger partial charge in [0.25, 0.3) is 0 Å². The minimum absolute atomic E-state index is 0.120. The number of hydrogen-bond donors (Lipinski definition) is 1. The summed E-state index contributed by atoms with van der Waals surface area (Å²) in [4.78, 5) is 38.6. The molecule has 5 heterocycles. The maximum absolute atomic E-state index is 15.0. The minimum atomic E-state index is -0.487. The monoisotopic (exact) mass is 642 g/mol. The number of aliphatic hydroxyl groups excluding tert-OH is 1. The van der Waals surface area contributed by atoms with E-state index in [0.29, 0.717) is 29.1 Å². The lowest BCUT2D eigenvalue weighted by Gasteiger charge is -2.46. The number of carbonyl (C=O) groups excluding carboxylic acids is 2. The van der Waals surface area contributed by atoms with E-state index >= 15 is 4.39 Å². The Labute approximate surface area is 272 Å². The summed E-state index contributed by atoms with van der Waals surface area (Å²) in [5.74, 6) is 0.688. The number of fused-ring (bicyclic) bond motifs is 1. The van der Waals surface area contributed by atoms with E-state index in [1.807, 2.05) is 18.3 Å². The average Bonchev–Trinajstić information content (AvgIpc) is 3.77. The number of halogens is 1. The van der Waals surface area contributed by atoms with Gasteiger partial charge in [0.05, 0.1) is 20.8 Å². The van der Waals surface area contributed by atoms with Crippen molar-refractivity contribution in [1.82, 2.24) is 19.8 Å². The predicted octanol–water partition coefficient (Wildman–Crippen LogP) is 6.40.